The summed E-state index contributed by atoms with van der Waals surface area (Å²) in [5, 5.41) is 3.44. The van der Waals surface area contributed by atoms with Crippen molar-refractivity contribution in [2.24, 2.45) is 11.3 Å². The van der Waals surface area contributed by atoms with Crippen molar-refractivity contribution in [3.8, 4) is 0 Å². The van der Waals surface area contributed by atoms with Gasteiger partial charge in [-0.1, -0.05) is 27.7 Å². The number of rotatable bonds is 4. The van der Waals surface area contributed by atoms with Crippen LogP contribution in [-0.2, 0) is 0 Å². The lowest BCUT2D eigenvalue weighted by molar-refractivity contribution is 0.542. The highest BCUT2D eigenvalue weighted by molar-refractivity contribution is 5.31. The smallest absolute Gasteiger partial charge is 0.203 e. The Morgan fingerprint density at radius 1 is 1.56 bits per heavy atom. The van der Waals surface area contributed by atoms with Gasteiger partial charge in [0.1, 0.15) is 0 Å². The van der Waals surface area contributed by atoms with Crippen LogP contribution in [0.1, 0.15) is 45.9 Å². The second-order valence-electron chi connectivity index (χ2n) is 6.10. The Kier molecular flexibility index (Phi) is 2.72. The number of hydrogen-bond donors (Lipinski definition) is 1. The molecule has 1 unspecified atom stereocenters. The van der Waals surface area contributed by atoms with Gasteiger partial charge in [-0.3, -0.25) is 0 Å². The molecule has 1 aromatic heterocycles. The summed E-state index contributed by atoms with van der Waals surface area (Å²) < 4.78 is 2.32. The van der Waals surface area contributed by atoms with Gasteiger partial charge in [-0.2, -0.15) is 0 Å². The van der Waals surface area contributed by atoms with Gasteiger partial charge in [-0.15, -0.1) is 0 Å². The molecule has 90 valence electrons. The van der Waals surface area contributed by atoms with Crippen molar-refractivity contribution in [1.82, 2.24) is 9.55 Å². The molecule has 1 heterocycles. The minimum Gasteiger partial charge on any atom is -0.355 e. The molecule has 1 aliphatic carbocycles. The molecule has 1 atom stereocenters. The molecule has 3 heteroatoms. The first-order chi connectivity index (χ1) is 7.40. The molecule has 0 bridgehead atoms. The lowest BCUT2D eigenvalue weighted by Crippen LogP contribution is -2.13. The van der Waals surface area contributed by atoms with Gasteiger partial charge in [-0.25, -0.2) is 4.98 Å². The molecule has 0 aliphatic heterocycles. The third-order valence-corrected chi connectivity index (χ3v) is 3.32. The Labute approximate surface area is 98.3 Å². The molecule has 0 spiro atoms. The first kappa shape index (κ1) is 11.5. The van der Waals surface area contributed by atoms with Gasteiger partial charge >= 0.3 is 0 Å². The van der Waals surface area contributed by atoms with Crippen molar-refractivity contribution >= 4 is 5.95 Å². The van der Waals surface area contributed by atoms with E-state index in [4.69, 9.17) is 0 Å². The van der Waals surface area contributed by atoms with E-state index in [9.17, 15) is 0 Å². The lowest BCUT2D eigenvalue weighted by atomic mass is 10.2. The van der Waals surface area contributed by atoms with E-state index in [1.54, 1.807) is 0 Å². The SMILES string of the molecule is Cc1cn(C2CC2(C)C)c(NCC(C)C)n1. The molecule has 1 aromatic rings. The maximum atomic E-state index is 4.56. The Balaban J connectivity index is 2.12. The quantitative estimate of drug-likeness (QED) is 0.846. The third-order valence-electron chi connectivity index (χ3n) is 3.32. The minimum absolute atomic E-state index is 0.446. The van der Waals surface area contributed by atoms with Gasteiger partial charge < -0.3 is 9.88 Å². The molecule has 1 aliphatic rings. The summed E-state index contributed by atoms with van der Waals surface area (Å²) in [5.74, 6) is 1.69. The zero-order chi connectivity index (χ0) is 11.9. The van der Waals surface area contributed by atoms with Crippen LogP contribution in [0.4, 0.5) is 5.95 Å². The Morgan fingerprint density at radius 3 is 2.69 bits per heavy atom. The van der Waals surface area contributed by atoms with Gasteiger partial charge in [-0.05, 0) is 24.7 Å². The van der Waals surface area contributed by atoms with E-state index >= 15 is 0 Å². The number of aromatic nitrogens is 2. The topological polar surface area (TPSA) is 29.9 Å². The molecule has 0 saturated heterocycles. The summed E-state index contributed by atoms with van der Waals surface area (Å²) in [6.45, 7) is 12.1. The number of hydrogen-bond acceptors (Lipinski definition) is 2. The van der Waals surface area contributed by atoms with Gasteiger partial charge in [0, 0.05) is 18.8 Å². The van der Waals surface area contributed by atoms with Crippen LogP contribution in [0.5, 0.6) is 0 Å². The third kappa shape index (κ3) is 2.23. The van der Waals surface area contributed by atoms with Crippen LogP contribution in [-0.4, -0.2) is 16.1 Å². The Morgan fingerprint density at radius 2 is 2.19 bits per heavy atom. The average Bonchev–Trinajstić information content (AvgIpc) is 2.63. The fourth-order valence-corrected chi connectivity index (χ4v) is 2.09. The minimum atomic E-state index is 0.446. The molecule has 0 amide bonds. The van der Waals surface area contributed by atoms with Crippen molar-refractivity contribution in [3.05, 3.63) is 11.9 Å². The Bertz CT molecular complexity index is 377. The van der Waals surface area contributed by atoms with Crippen molar-refractivity contribution in [2.45, 2.75) is 47.1 Å². The summed E-state index contributed by atoms with van der Waals surface area (Å²) in [5.41, 5.74) is 1.55. The lowest BCUT2D eigenvalue weighted by Gasteiger charge is -2.12. The first-order valence-corrected chi connectivity index (χ1v) is 6.19. The molecule has 1 saturated carbocycles. The second kappa shape index (κ2) is 3.79. The molecule has 0 aromatic carbocycles. The van der Waals surface area contributed by atoms with E-state index in [-0.39, 0.29) is 0 Å². The number of anilines is 1. The summed E-state index contributed by atoms with van der Waals surface area (Å²) in [7, 11) is 0. The normalized spacial score (nSPS) is 22.5. The van der Waals surface area contributed by atoms with Gasteiger partial charge in [0.15, 0.2) is 0 Å². The number of nitrogens with one attached hydrogen (secondary N) is 1. The maximum Gasteiger partial charge on any atom is 0.203 e. The molecule has 0 radical (unpaired) electrons. The zero-order valence-corrected chi connectivity index (χ0v) is 11.0. The summed E-state index contributed by atoms with van der Waals surface area (Å²) >= 11 is 0. The predicted molar refractivity (Wildman–Crippen MR) is 67.7 cm³/mol. The highest BCUT2D eigenvalue weighted by atomic mass is 15.2. The first-order valence-electron chi connectivity index (χ1n) is 6.19. The van der Waals surface area contributed by atoms with Crippen LogP contribution >= 0.6 is 0 Å². The standard InChI is InChI=1S/C13H23N3/c1-9(2)7-14-12-15-10(3)8-16(12)11-6-13(11,4)5/h8-9,11H,6-7H2,1-5H3,(H,14,15). The summed E-state index contributed by atoms with van der Waals surface area (Å²) in [6.07, 6.45) is 3.43. The van der Waals surface area contributed by atoms with Crippen molar-refractivity contribution in [1.29, 1.82) is 0 Å². The molecular weight excluding hydrogens is 198 g/mol. The molecule has 2 rings (SSSR count). The van der Waals surface area contributed by atoms with Crippen molar-refractivity contribution < 1.29 is 0 Å². The number of aryl methyl sites for hydroxylation is 1. The number of nitrogens with zero attached hydrogens (tertiary/aromatic N) is 2. The fourth-order valence-electron chi connectivity index (χ4n) is 2.09. The van der Waals surface area contributed by atoms with Gasteiger partial charge in [0.2, 0.25) is 5.95 Å². The number of imidazole rings is 1. The fraction of sp³-hybridized carbons (Fsp3) is 0.769. The van der Waals surface area contributed by atoms with E-state index in [2.05, 4.69) is 55.7 Å². The van der Waals surface area contributed by atoms with Gasteiger partial charge in [0.05, 0.1) is 5.69 Å². The van der Waals surface area contributed by atoms with Crippen LogP contribution in [0.3, 0.4) is 0 Å². The van der Waals surface area contributed by atoms with Crippen LogP contribution in [0.2, 0.25) is 0 Å². The van der Waals surface area contributed by atoms with Crippen LogP contribution < -0.4 is 5.32 Å². The van der Waals surface area contributed by atoms with E-state index in [0.717, 1.165) is 18.2 Å². The van der Waals surface area contributed by atoms with Gasteiger partial charge in [0.25, 0.3) is 0 Å². The highest BCUT2D eigenvalue weighted by Gasteiger charge is 2.47. The van der Waals surface area contributed by atoms with Crippen molar-refractivity contribution in [3.63, 3.8) is 0 Å². The molecule has 1 fully saturated rings. The van der Waals surface area contributed by atoms with E-state index in [1.165, 1.54) is 6.42 Å². The average molecular weight is 221 g/mol. The zero-order valence-electron chi connectivity index (χ0n) is 11.0. The second-order valence-corrected chi connectivity index (χ2v) is 6.10. The van der Waals surface area contributed by atoms with E-state index < -0.39 is 0 Å². The summed E-state index contributed by atoms with van der Waals surface area (Å²) in [6, 6.07) is 0.628. The highest BCUT2D eigenvalue weighted by Crippen LogP contribution is 2.56. The van der Waals surface area contributed by atoms with E-state index in [0.29, 0.717) is 17.4 Å². The maximum absolute atomic E-state index is 4.56. The summed E-state index contributed by atoms with van der Waals surface area (Å²) in [4.78, 5) is 4.56. The molecular formula is C13H23N3. The largest absolute Gasteiger partial charge is 0.355 e. The van der Waals surface area contributed by atoms with E-state index in [1.807, 2.05) is 0 Å². The molecule has 1 N–H and O–H groups in total. The predicted octanol–water partition coefficient (Wildman–Crippen LogP) is 3.23. The van der Waals surface area contributed by atoms with Crippen molar-refractivity contribution in [2.75, 3.05) is 11.9 Å². The Hall–Kier alpha value is -0.990. The van der Waals surface area contributed by atoms with Crippen LogP contribution in [0, 0.1) is 18.3 Å². The molecule has 16 heavy (non-hydrogen) atoms. The van der Waals surface area contributed by atoms with Crippen LogP contribution in [0.15, 0.2) is 6.20 Å². The van der Waals surface area contributed by atoms with Crippen LogP contribution in [0.25, 0.3) is 0 Å². The molecule has 3 nitrogen and oxygen atoms in total. The monoisotopic (exact) mass is 221 g/mol.